The molecule has 0 bridgehead atoms. The predicted molar refractivity (Wildman–Crippen MR) is 67.6 cm³/mol. The molecule has 17 heavy (non-hydrogen) atoms. The number of likely N-dealkylation sites (N-methyl/N-ethyl adjacent to an activating group) is 1. The number of aromatic nitrogens is 3. The smallest absolute Gasteiger partial charge is 0.322 e. The second-order valence-corrected chi connectivity index (χ2v) is 4.81. The molecule has 1 rings (SSSR count). The van der Waals surface area contributed by atoms with Gasteiger partial charge in [-0.25, -0.2) is 0 Å². The van der Waals surface area contributed by atoms with Crippen molar-refractivity contribution in [1.82, 2.24) is 19.9 Å². The summed E-state index contributed by atoms with van der Waals surface area (Å²) < 4.78 is 4.92. The molecule has 96 valence electrons. The van der Waals surface area contributed by atoms with E-state index < -0.39 is 0 Å². The quantitative estimate of drug-likeness (QED) is 0.860. The number of ether oxygens (including phenoxy) is 1. The summed E-state index contributed by atoms with van der Waals surface area (Å²) in [6.07, 6.45) is 0. The number of anilines is 1. The second-order valence-electron chi connectivity index (χ2n) is 4.48. The van der Waals surface area contributed by atoms with Crippen molar-refractivity contribution in [3.8, 4) is 6.01 Å². The van der Waals surface area contributed by atoms with Gasteiger partial charge in [0, 0.05) is 12.1 Å². The lowest BCUT2D eigenvalue weighted by Crippen LogP contribution is -2.44. The van der Waals surface area contributed by atoms with Crippen LogP contribution in [-0.2, 0) is 0 Å². The minimum Gasteiger partial charge on any atom is -0.467 e. The Kier molecular flexibility index (Phi) is 4.47. The molecule has 0 fully saturated rings. The van der Waals surface area contributed by atoms with Crippen molar-refractivity contribution < 1.29 is 4.74 Å². The maximum atomic E-state index is 5.75. The molecule has 1 heterocycles. The van der Waals surface area contributed by atoms with E-state index in [0.717, 1.165) is 0 Å². The Balaban J connectivity index is 2.72. The highest BCUT2D eigenvalue weighted by Gasteiger charge is 2.20. The first-order valence-electron chi connectivity index (χ1n) is 5.22. The molecule has 6 nitrogen and oxygen atoms in total. The minimum absolute atomic E-state index is 0.0215. The van der Waals surface area contributed by atoms with Crippen LogP contribution in [0.4, 0.5) is 5.95 Å². The molecule has 0 aliphatic carbocycles. The van der Waals surface area contributed by atoms with Crippen molar-refractivity contribution >= 4 is 17.5 Å². The third-order valence-electron chi connectivity index (χ3n) is 2.66. The van der Waals surface area contributed by atoms with E-state index >= 15 is 0 Å². The monoisotopic (exact) mass is 259 g/mol. The Morgan fingerprint density at radius 3 is 2.47 bits per heavy atom. The largest absolute Gasteiger partial charge is 0.467 e. The third kappa shape index (κ3) is 3.98. The minimum atomic E-state index is -0.0215. The topological polar surface area (TPSA) is 63.2 Å². The van der Waals surface area contributed by atoms with Crippen LogP contribution in [0.5, 0.6) is 6.01 Å². The molecule has 0 saturated carbocycles. The summed E-state index contributed by atoms with van der Waals surface area (Å²) >= 11 is 5.75. The summed E-state index contributed by atoms with van der Waals surface area (Å²) in [5.41, 5.74) is -0.0215. The highest BCUT2D eigenvalue weighted by Crippen LogP contribution is 2.14. The Bertz CT molecular complexity index is 383. The molecule has 0 radical (unpaired) electrons. The first kappa shape index (κ1) is 13.9. The molecule has 1 N–H and O–H groups in total. The highest BCUT2D eigenvalue weighted by atomic mass is 35.5. The van der Waals surface area contributed by atoms with Gasteiger partial charge in [-0.15, -0.1) is 0 Å². The summed E-state index contributed by atoms with van der Waals surface area (Å²) in [7, 11) is 5.52. The average molecular weight is 260 g/mol. The van der Waals surface area contributed by atoms with Crippen LogP contribution in [0.15, 0.2) is 0 Å². The lowest BCUT2D eigenvalue weighted by Gasteiger charge is -2.32. The molecular weight excluding hydrogens is 242 g/mol. The summed E-state index contributed by atoms with van der Waals surface area (Å²) in [5, 5.41) is 3.23. The molecule has 0 saturated heterocycles. The number of halogens is 1. The fraction of sp³-hybridized carbons (Fsp3) is 0.700. The van der Waals surface area contributed by atoms with Crippen molar-refractivity contribution in [1.29, 1.82) is 0 Å². The normalized spacial score (nSPS) is 11.7. The van der Waals surface area contributed by atoms with Gasteiger partial charge < -0.3 is 15.0 Å². The van der Waals surface area contributed by atoms with Crippen molar-refractivity contribution in [2.75, 3.05) is 33.1 Å². The zero-order valence-electron chi connectivity index (χ0n) is 10.8. The van der Waals surface area contributed by atoms with E-state index in [-0.39, 0.29) is 16.8 Å². The number of nitrogens with zero attached hydrogens (tertiary/aromatic N) is 4. The van der Waals surface area contributed by atoms with E-state index in [0.29, 0.717) is 12.5 Å². The van der Waals surface area contributed by atoms with Gasteiger partial charge in [0.2, 0.25) is 11.2 Å². The number of hydrogen-bond donors (Lipinski definition) is 1. The number of hydrogen-bond acceptors (Lipinski definition) is 6. The van der Waals surface area contributed by atoms with E-state index in [9.17, 15) is 0 Å². The van der Waals surface area contributed by atoms with Crippen LogP contribution in [0.3, 0.4) is 0 Å². The van der Waals surface area contributed by atoms with Crippen molar-refractivity contribution in [2.24, 2.45) is 0 Å². The standard InChI is InChI=1S/C10H18ClN5O/c1-10(2,16(3)4)6-12-8-13-7(11)14-9(15-8)17-5/h6H2,1-5H3,(H,12,13,14,15). The fourth-order valence-corrected chi connectivity index (χ4v) is 1.11. The maximum absolute atomic E-state index is 5.75. The van der Waals surface area contributed by atoms with Gasteiger partial charge in [-0.05, 0) is 39.5 Å². The Hall–Kier alpha value is -1.14. The lowest BCUT2D eigenvalue weighted by atomic mass is 10.1. The fourth-order valence-electron chi connectivity index (χ4n) is 0.956. The van der Waals surface area contributed by atoms with Gasteiger partial charge in [-0.3, -0.25) is 0 Å². The van der Waals surface area contributed by atoms with Gasteiger partial charge in [0.05, 0.1) is 7.11 Å². The van der Waals surface area contributed by atoms with Crippen LogP contribution in [0.25, 0.3) is 0 Å². The maximum Gasteiger partial charge on any atom is 0.322 e. The van der Waals surface area contributed by atoms with E-state index in [1.54, 1.807) is 0 Å². The number of rotatable bonds is 5. The van der Waals surface area contributed by atoms with Crippen LogP contribution in [0.2, 0.25) is 5.28 Å². The van der Waals surface area contributed by atoms with Crippen LogP contribution < -0.4 is 10.1 Å². The molecule has 0 aliphatic heterocycles. The number of methoxy groups -OCH3 is 1. The predicted octanol–water partition coefficient (Wildman–Crippen LogP) is 1.29. The average Bonchev–Trinajstić information content (AvgIpc) is 2.25. The van der Waals surface area contributed by atoms with Gasteiger partial charge in [0.15, 0.2) is 0 Å². The number of nitrogens with one attached hydrogen (secondary N) is 1. The van der Waals surface area contributed by atoms with Crippen LogP contribution in [0, 0.1) is 0 Å². The zero-order valence-corrected chi connectivity index (χ0v) is 11.5. The molecule has 0 aliphatic rings. The molecule has 0 atom stereocenters. The van der Waals surface area contributed by atoms with Crippen LogP contribution >= 0.6 is 11.6 Å². The Morgan fingerprint density at radius 1 is 1.29 bits per heavy atom. The molecule has 0 spiro atoms. The van der Waals surface area contributed by atoms with Gasteiger partial charge in [0.1, 0.15) is 0 Å². The SMILES string of the molecule is COc1nc(Cl)nc(NCC(C)(C)N(C)C)n1. The van der Waals surface area contributed by atoms with Crippen LogP contribution in [0.1, 0.15) is 13.8 Å². The summed E-state index contributed by atoms with van der Waals surface area (Å²) in [4.78, 5) is 13.9. The second kappa shape index (κ2) is 5.46. The third-order valence-corrected chi connectivity index (χ3v) is 2.83. The first-order valence-corrected chi connectivity index (χ1v) is 5.60. The molecule has 0 aromatic carbocycles. The molecule has 1 aromatic heterocycles. The Labute approximate surface area is 106 Å². The van der Waals surface area contributed by atoms with Crippen molar-refractivity contribution in [3.63, 3.8) is 0 Å². The van der Waals surface area contributed by atoms with E-state index in [2.05, 4.69) is 39.0 Å². The van der Waals surface area contributed by atoms with Gasteiger partial charge in [0.25, 0.3) is 0 Å². The summed E-state index contributed by atoms with van der Waals surface area (Å²) in [6, 6.07) is 0.204. The van der Waals surface area contributed by atoms with Gasteiger partial charge >= 0.3 is 6.01 Å². The molecule has 7 heteroatoms. The van der Waals surface area contributed by atoms with Gasteiger partial charge in [-0.1, -0.05) is 0 Å². The zero-order chi connectivity index (χ0) is 13.1. The Morgan fingerprint density at radius 2 is 1.94 bits per heavy atom. The molecule has 1 aromatic rings. The van der Waals surface area contributed by atoms with E-state index in [4.69, 9.17) is 16.3 Å². The molecule has 0 unspecified atom stereocenters. The highest BCUT2D eigenvalue weighted by molar-refractivity contribution is 6.28. The van der Waals surface area contributed by atoms with Gasteiger partial charge in [-0.2, -0.15) is 15.0 Å². The van der Waals surface area contributed by atoms with Crippen molar-refractivity contribution in [3.05, 3.63) is 5.28 Å². The summed E-state index contributed by atoms with van der Waals surface area (Å²) in [5.74, 6) is 0.414. The summed E-state index contributed by atoms with van der Waals surface area (Å²) in [6.45, 7) is 4.91. The van der Waals surface area contributed by atoms with Crippen LogP contribution in [-0.4, -0.2) is 53.1 Å². The molecular formula is C10H18ClN5O. The van der Waals surface area contributed by atoms with E-state index in [1.165, 1.54) is 7.11 Å². The molecule has 0 amide bonds. The van der Waals surface area contributed by atoms with E-state index in [1.807, 2.05) is 14.1 Å². The van der Waals surface area contributed by atoms with Crippen molar-refractivity contribution in [2.45, 2.75) is 19.4 Å². The first-order chi connectivity index (χ1) is 7.85. The lowest BCUT2D eigenvalue weighted by molar-refractivity contribution is 0.209.